The average molecular weight is 481 g/mol. The van der Waals surface area contributed by atoms with E-state index in [2.05, 4.69) is 58.7 Å². The Morgan fingerprint density at radius 3 is 2.42 bits per heavy atom. The van der Waals surface area contributed by atoms with Crippen LogP contribution in [0.25, 0.3) is 0 Å². The van der Waals surface area contributed by atoms with Crippen molar-refractivity contribution in [1.29, 1.82) is 0 Å². The van der Waals surface area contributed by atoms with E-state index in [1.807, 2.05) is 24.3 Å². The molecule has 1 unspecified atom stereocenters. The third kappa shape index (κ3) is 4.65. The number of fused-ring (bicyclic) bond motifs is 3. The summed E-state index contributed by atoms with van der Waals surface area (Å²) in [6.45, 7) is 3.05. The smallest absolute Gasteiger partial charge is 0.123 e. The molecule has 3 fully saturated rings. The zero-order valence-electron chi connectivity index (χ0n) is 18.9. The van der Waals surface area contributed by atoms with Gasteiger partial charge >= 0.3 is 0 Å². The van der Waals surface area contributed by atoms with Crippen molar-refractivity contribution in [2.24, 2.45) is 5.92 Å². The van der Waals surface area contributed by atoms with Gasteiger partial charge in [0.2, 0.25) is 0 Å². The van der Waals surface area contributed by atoms with Gasteiger partial charge in [-0.05, 0) is 61.2 Å². The van der Waals surface area contributed by atoms with Crippen molar-refractivity contribution in [2.45, 2.75) is 37.4 Å². The Kier molecular flexibility index (Phi) is 6.94. The van der Waals surface area contributed by atoms with E-state index in [-0.39, 0.29) is 5.92 Å². The Bertz CT molecular complexity index is 1080. The molecule has 0 aliphatic carbocycles. The lowest BCUT2D eigenvalue weighted by molar-refractivity contribution is 0.00463. The molecule has 2 bridgehead atoms. The van der Waals surface area contributed by atoms with Crippen LogP contribution in [0.4, 0.5) is 0 Å². The highest BCUT2D eigenvalue weighted by atomic mass is 35.5. The SMILES string of the molecule is COc1ccccc1CN[C@@H]1C2CCN(CC2)[C@H]1C(c1ccccc1)c1ccc(Cl)cc1Cl. The van der Waals surface area contributed by atoms with Crippen molar-refractivity contribution >= 4 is 23.2 Å². The molecule has 5 heteroatoms. The number of hydrogen-bond donors (Lipinski definition) is 1. The van der Waals surface area contributed by atoms with Crippen molar-refractivity contribution in [1.82, 2.24) is 10.2 Å². The van der Waals surface area contributed by atoms with E-state index in [0.717, 1.165) is 36.0 Å². The van der Waals surface area contributed by atoms with Crippen LogP contribution in [0.3, 0.4) is 0 Å². The molecule has 6 rings (SSSR count). The van der Waals surface area contributed by atoms with Crippen LogP contribution < -0.4 is 10.1 Å². The number of hydrogen-bond acceptors (Lipinski definition) is 3. The zero-order chi connectivity index (χ0) is 22.8. The summed E-state index contributed by atoms with van der Waals surface area (Å²) in [5.74, 6) is 1.74. The molecule has 33 heavy (non-hydrogen) atoms. The highest BCUT2D eigenvalue weighted by molar-refractivity contribution is 6.35. The maximum atomic E-state index is 6.82. The standard InChI is InChI=1S/C28H30Cl2N2O/c1-33-25-10-6-5-9-21(25)18-31-27-20-13-15-32(16-14-20)28(27)26(19-7-3-2-4-8-19)23-12-11-22(29)17-24(23)30/h2-12,17,20,26-28,31H,13-16,18H2,1H3/t26?,27-,28+/m1/s1. The molecular weight excluding hydrogens is 451 g/mol. The fraction of sp³-hybridized carbons (Fsp3) is 0.357. The summed E-state index contributed by atoms with van der Waals surface area (Å²) in [5.41, 5.74) is 3.63. The summed E-state index contributed by atoms with van der Waals surface area (Å²) in [7, 11) is 1.74. The first kappa shape index (κ1) is 22.7. The Morgan fingerprint density at radius 1 is 0.970 bits per heavy atom. The Hall–Kier alpha value is -2.04. The van der Waals surface area contributed by atoms with Crippen molar-refractivity contribution < 1.29 is 4.74 Å². The lowest BCUT2D eigenvalue weighted by Crippen LogP contribution is -2.64. The topological polar surface area (TPSA) is 24.5 Å². The third-order valence-electron chi connectivity index (χ3n) is 7.39. The first-order valence-corrected chi connectivity index (χ1v) is 12.5. The molecule has 3 heterocycles. The number of rotatable bonds is 7. The summed E-state index contributed by atoms with van der Waals surface area (Å²) in [6, 6.07) is 25.7. The van der Waals surface area contributed by atoms with Gasteiger partial charge in [0.05, 0.1) is 7.11 Å². The molecule has 3 atom stereocenters. The van der Waals surface area contributed by atoms with Crippen LogP contribution in [-0.2, 0) is 6.54 Å². The number of piperidine rings is 3. The highest BCUT2D eigenvalue weighted by Crippen LogP contribution is 2.44. The maximum Gasteiger partial charge on any atom is 0.123 e. The largest absolute Gasteiger partial charge is 0.496 e. The molecule has 3 saturated heterocycles. The van der Waals surface area contributed by atoms with Crippen molar-refractivity contribution in [3.63, 3.8) is 0 Å². The van der Waals surface area contributed by atoms with Gasteiger partial charge in [0, 0.05) is 40.2 Å². The molecule has 3 aliphatic rings. The average Bonchev–Trinajstić information content (AvgIpc) is 2.86. The molecule has 0 radical (unpaired) electrons. The van der Waals surface area contributed by atoms with Crippen LogP contribution >= 0.6 is 23.2 Å². The molecule has 3 nitrogen and oxygen atoms in total. The van der Waals surface area contributed by atoms with E-state index in [4.69, 9.17) is 27.9 Å². The zero-order valence-corrected chi connectivity index (χ0v) is 20.4. The molecular formula is C28H30Cl2N2O. The summed E-state index contributed by atoms with van der Waals surface area (Å²) in [5, 5.41) is 5.37. The van der Waals surface area contributed by atoms with E-state index in [1.54, 1.807) is 7.11 Å². The second-order valence-corrected chi connectivity index (χ2v) is 9.98. The minimum absolute atomic E-state index is 0.161. The van der Waals surface area contributed by atoms with E-state index in [1.165, 1.54) is 24.0 Å². The molecule has 3 aliphatic heterocycles. The van der Waals surface area contributed by atoms with Gasteiger partial charge in [0.1, 0.15) is 5.75 Å². The molecule has 0 spiro atoms. The molecule has 3 aromatic rings. The van der Waals surface area contributed by atoms with E-state index in [9.17, 15) is 0 Å². The molecule has 0 saturated carbocycles. The second kappa shape index (κ2) is 10.1. The maximum absolute atomic E-state index is 6.82. The summed E-state index contributed by atoms with van der Waals surface area (Å²) < 4.78 is 5.61. The Labute approximate surface area is 206 Å². The number of benzene rings is 3. The van der Waals surface area contributed by atoms with Gasteiger partial charge < -0.3 is 10.1 Å². The number of methoxy groups -OCH3 is 1. The van der Waals surface area contributed by atoms with E-state index in [0.29, 0.717) is 23.0 Å². The van der Waals surface area contributed by atoms with Crippen LogP contribution in [0.1, 0.15) is 35.4 Å². The number of nitrogens with zero attached hydrogens (tertiary/aromatic N) is 1. The Balaban J connectivity index is 1.53. The third-order valence-corrected chi connectivity index (χ3v) is 7.95. The highest BCUT2D eigenvalue weighted by Gasteiger charge is 2.46. The van der Waals surface area contributed by atoms with Crippen LogP contribution in [0, 0.1) is 5.92 Å². The summed E-state index contributed by atoms with van der Waals surface area (Å²) in [6.07, 6.45) is 2.46. The quantitative estimate of drug-likeness (QED) is 0.424. The first-order chi connectivity index (χ1) is 16.2. The first-order valence-electron chi connectivity index (χ1n) is 11.7. The van der Waals surface area contributed by atoms with Gasteiger partial charge in [-0.1, -0.05) is 77.8 Å². The van der Waals surface area contributed by atoms with Crippen LogP contribution in [0.2, 0.25) is 10.0 Å². The minimum Gasteiger partial charge on any atom is -0.496 e. The molecule has 0 amide bonds. The molecule has 1 N–H and O–H groups in total. The Morgan fingerprint density at radius 2 is 1.70 bits per heavy atom. The van der Waals surface area contributed by atoms with E-state index >= 15 is 0 Å². The predicted octanol–water partition coefficient (Wildman–Crippen LogP) is 6.39. The lowest BCUT2D eigenvalue weighted by atomic mass is 9.70. The summed E-state index contributed by atoms with van der Waals surface area (Å²) in [4.78, 5) is 2.67. The molecule has 3 aromatic carbocycles. The van der Waals surface area contributed by atoms with Crippen molar-refractivity contribution in [3.05, 3.63) is 99.5 Å². The van der Waals surface area contributed by atoms with Gasteiger partial charge in [-0.3, -0.25) is 4.90 Å². The number of halogens is 2. The fourth-order valence-electron chi connectivity index (χ4n) is 5.84. The number of para-hydroxylation sites is 1. The second-order valence-electron chi connectivity index (χ2n) is 9.14. The number of ether oxygens (including phenoxy) is 1. The van der Waals surface area contributed by atoms with E-state index < -0.39 is 0 Å². The summed E-state index contributed by atoms with van der Waals surface area (Å²) >= 11 is 13.1. The van der Waals surface area contributed by atoms with Crippen LogP contribution in [0.5, 0.6) is 5.75 Å². The van der Waals surface area contributed by atoms with Gasteiger partial charge in [-0.2, -0.15) is 0 Å². The van der Waals surface area contributed by atoms with Crippen LogP contribution in [-0.4, -0.2) is 37.2 Å². The van der Waals surface area contributed by atoms with Crippen LogP contribution in [0.15, 0.2) is 72.8 Å². The normalized spacial score (nSPS) is 25.1. The van der Waals surface area contributed by atoms with Gasteiger partial charge in [-0.25, -0.2) is 0 Å². The predicted molar refractivity (Wildman–Crippen MR) is 136 cm³/mol. The number of nitrogens with one attached hydrogen (secondary N) is 1. The molecule has 172 valence electrons. The lowest BCUT2D eigenvalue weighted by Gasteiger charge is -2.54. The van der Waals surface area contributed by atoms with Gasteiger partial charge in [0.25, 0.3) is 0 Å². The fourth-order valence-corrected chi connectivity index (χ4v) is 6.37. The van der Waals surface area contributed by atoms with Gasteiger partial charge in [-0.15, -0.1) is 0 Å². The van der Waals surface area contributed by atoms with Gasteiger partial charge in [0.15, 0.2) is 0 Å². The van der Waals surface area contributed by atoms with Crippen molar-refractivity contribution in [2.75, 3.05) is 20.2 Å². The monoisotopic (exact) mass is 480 g/mol. The minimum atomic E-state index is 0.161. The molecule has 0 aromatic heterocycles. The van der Waals surface area contributed by atoms with Crippen molar-refractivity contribution in [3.8, 4) is 5.75 Å².